The van der Waals surface area contributed by atoms with Gasteiger partial charge < -0.3 is 5.73 Å². The van der Waals surface area contributed by atoms with E-state index in [1.165, 1.54) is 11.8 Å². The van der Waals surface area contributed by atoms with Crippen LogP contribution in [-0.2, 0) is 0 Å². The first-order chi connectivity index (χ1) is 2.27. The van der Waals surface area contributed by atoms with E-state index in [2.05, 4.69) is 0 Å². The molecule has 0 aromatic rings. The van der Waals surface area contributed by atoms with Crippen LogP contribution in [0.2, 0.25) is 0 Å². The Kier molecular flexibility index (Phi) is 9.01. The highest BCUT2D eigenvalue weighted by atomic mass is 127. The van der Waals surface area contributed by atoms with Crippen LogP contribution in [-0.4, -0.2) is 11.4 Å². The van der Waals surface area contributed by atoms with E-state index in [-0.39, 0.29) is 29.1 Å². The molecule has 0 aliphatic heterocycles. The maximum atomic E-state index is 6.48. The molecule has 0 atom stereocenters. The Bertz CT molecular complexity index is 46.8. The van der Waals surface area contributed by atoms with E-state index in [9.17, 15) is 0 Å². The number of hydrogen-bond donors (Lipinski definition) is 2. The number of amidine groups is 1. The van der Waals surface area contributed by atoms with Gasteiger partial charge in [-0.1, -0.05) is 11.8 Å². The quantitative estimate of drug-likeness (QED) is 0.360. The summed E-state index contributed by atoms with van der Waals surface area (Å²) in [5.41, 5.74) is 4.84. The van der Waals surface area contributed by atoms with Crippen LogP contribution in [0.3, 0.4) is 0 Å². The molecule has 0 aliphatic rings. The highest BCUT2D eigenvalue weighted by Gasteiger charge is 1.71. The second-order valence-electron chi connectivity index (χ2n) is 0.568. The Morgan fingerprint density at radius 1 is 1.83 bits per heavy atom. The van der Waals surface area contributed by atoms with Crippen LogP contribution in [0.5, 0.6) is 0 Å². The number of halogens is 1. The van der Waals surface area contributed by atoms with Crippen LogP contribution >= 0.6 is 35.7 Å². The van der Waals surface area contributed by atoms with Crippen LogP contribution < -0.4 is 5.73 Å². The normalized spacial score (nSPS) is 6.17. The van der Waals surface area contributed by atoms with Gasteiger partial charge in [-0.2, -0.15) is 0 Å². The lowest BCUT2D eigenvalue weighted by molar-refractivity contribution is 1.51. The minimum atomic E-state index is 0. The number of thioether (sulfide) groups is 1. The first kappa shape index (κ1) is 9.75. The molecule has 0 aromatic carbocycles. The van der Waals surface area contributed by atoms with Crippen molar-refractivity contribution in [1.29, 1.82) is 5.41 Å². The van der Waals surface area contributed by atoms with Gasteiger partial charge in [-0.25, -0.2) is 0 Å². The maximum absolute atomic E-state index is 6.48. The van der Waals surface area contributed by atoms with Gasteiger partial charge in [0.05, 0.1) is 0 Å². The summed E-state index contributed by atoms with van der Waals surface area (Å²) in [7, 11) is 0. The Hall–Kier alpha value is 0.550. The zero-order valence-electron chi connectivity index (χ0n) is 3.39. The standard InChI is InChI=1S/C2H6N2S.HI/c1-5-2(3)4;/h1H3,(H3,3,4);1H. The fourth-order valence-corrected chi connectivity index (χ4v) is 0. The molecule has 0 unspecified atom stereocenters. The molecule has 0 amide bonds. The molecular formula is C2H7IN2S. The van der Waals surface area contributed by atoms with Gasteiger partial charge in [-0.15, -0.1) is 24.0 Å². The monoisotopic (exact) mass is 218 g/mol. The third kappa shape index (κ3) is 8.82. The van der Waals surface area contributed by atoms with E-state index >= 15 is 0 Å². The molecule has 0 fully saturated rings. The molecule has 2 nitrogen and oxygen atoms in total. The molecule has 0 heterocycles. The number of rotatable bonds is 0. The lowest BCUT2D eigenvalue weighted by Crippen LogP contribution is -2.01. The van der Waals surface area contributed by atoms with Gasteiger partial charge in [-0.3, -0.25) is 5.41 Å². The Labute approximate surface area is 58.4 Å². The smallest absolute Gasteiger partial charge is 0.150 e. The topological polar surface area (TPSA) is 49.9 Å². The molecule has 0 spiro atoms. The predicted octanol–water partition coefficient (Wildman–Crippen LogP) is 0.861. The molecule has 6 heavy (non-hydrogen) atoms. The molecule has 3 N–H and O–H groups in total. The molecule has 0 rings (SSSR count). The zero-order valence-corrected chi connectivity index (χ0v) is 6.54. The van der Waals surface area contributed by atoms with E-state index in [0.29, 0.717) is 0 Å². The molecule has 0 radical (unpaired) electrons. The van der Waals surface area contributed by atoms with E-state index in [1.54, 1.807) is 6.26 Å². The van der Waals surface area contributed by atoms with Gasteiger partial charge in [0.15, 0.2) is 5.17 Å². The average Bonchev–Trinajstić information content (AvgIpc) is 1.38. The molecule has 0 aliphatic carbocycles. The average molecular weight is 218 g/mol. The fourth-order valence-electron chi connectivity index (χ4n) is 0. The van der Waals surface area contributed by atoms with Crippen molar-refractivity contribution in [1.82, 2.24) is 0 Å². The summed E-state index contributed by atoms with van der Waals surface area (Å²) in [5.74, 6) is 0. The van der Waals surface area contributed by atoms with Gasteiger partial charge >= 0.3 is 0 Å². The van der Waals surface area contributed by atoms with Gasteiger partial charge in [0.1, 0.15) is 0 Å². The van der Waals surface area contributed by atoms with E-state index < -0.39 is 0 Å². The highest BCUT2D eigenvalue weighted by molar-refractivity contribution is 14.0. The van der Waals surface area contributed by atoms with Gasteiger partial charge in [0.25, 0.3) is 0 Å². The van der Waals surface area contributed by atoms with E-state index in [4.69, 9.17) is 11.1 Å². The molecule has 0 aromatic heterocycles. The van der Waals surface area contributed by atoms with Crippen molar-refractivity contribution in [2.75, 3.05) is 6.26 Å². The lowest BCUT2D eigenvalue weighted by atomic mass is 11.4. The summed E-state index contributed by atoms with van der Waals surface area (Å²) < 4.78 is 0. The molecular weight excluding hydrogens is 211 g/mol. The van der Waals surface area contributed by atoms with Crippen LogP contribution in [0.15, 0.2) is 0 Å². The SMILES string of the molecule is CSC(=N)N.I. The maximum Gasteiger partial charge on any atom is 0.150 e. The lowest BCUT2D eigenvalue weighted by Gasteiger charge is -1.78. The van der Waals surface area contributed by atoms with Gasteiger partial charge in [-0.05, 0) is 6.26 Å². The number of hydrogen-bond acceptors (Lipinski definition) is 2. The van der Waals surface area contributed by atoms with Crippen molar-refractivity contribution in [3.05, 3.63) is 0 Å². The summed E-state index contributed by atoms with van der Waals surface area (Å²) in [6.45, 7) is 0. The summed E-state index contributed by atoms with van der Waals surface area (Å²) >= 11 is 1.24. The minimum Gasteiger partial charge on any atom is -0.379 e. The molecule has 0 saturated heterocycles. The van der Waals surface area contributed by atoms with Crippen molar-refractivity contribution in [2.24, 2.45) is 5.73 Å². The largest absolute Gasteiger partial charge is 0.379 e. The van der Waals surface area contributed by atoms with Crippen molar-refractivity contribution >= 4 is 40.9 Å². The third-order valence-corrected chi connectivity index (χ3v) is 0.660. The molecule has 0 bridgehead atoms. The second kappa shape index (κ2) is 5.55. The fraction of sp³-hybridized carbons (Fsp3) is 0.500. The molecule has 4 heteroatoms. The first-order valence-electron chi connectivity index (χ1n) is 1.15. The Morgan fingerprint density at radius 2 is 2.00 bits per heavy atom. The third-order valence-electron chi connectivity index (χ3n) is 0.220. The summed E-state index contributed by atoms with van der Waals surface area (Å²) in [6, 6.07) is 0. The minimum absolute atomic E-state index is 0. The van der Waals surface area contributed by atoms with Crippen molar-refractivity contribution < 1.29 is 0 Å². The van der Waals surface area contributed by atoms with Crippen molar-refractivity contribution in [3.8, 4) is 0 Å². The van der Waals surface area contributed by atoms with Crippen molar-refractivity contribution in [2.45, 2.75) is 0 Å². The van der Waals surface area contributed by atoms with E-state index in [0.717, 1.165) is 0 Å². The van der Waals surface area contributed by atoms with Gasteiger partial charge in [0, 0.05) is 0 Å². The summed E-state index contributed by atoms with van der Waals surface area (Å²) in [4.78, 5) is 0. The first-order valence-corrected chi connectivity index (χ1v) is 2.38. The Morgan fingerprint density at radius 3 is 2.00 bits per heavy atom. The Balaban J connectivity index is 0. The zero-order chi connectivity index (χ0) is 4.28. The molecule has 0 saturated carbocycles. The van der Waals surface area contributed by atoms with Crippen molar-refractivity contribution in [3.63, 3.8) is 0 Å². The van der Waals surface area contributed by atoms with Crippen LogP contribution in [0.25, 0.3) is 0 Å². The number of nitrogens with two attached hydrogens (primary N) is 1. The second-order valence-corrected chi connectivity index (χ2v) is 1.42. The van der Waals surface area contributed by atoms with Crippen LogP contribution in [0, 0.1) is 5.41 Å². The molecule has 38 valence electrons. The van der Waals surface area contributed by atoms with Crippen LogP contribution in [0.1, 0.15) is 0 Å². The highest BCUT2D eigenvalue weighted by Crippen LogP contribution is 1.83. The van der Waals surface area contributed by atoms with E-state index in [1.807, 2.05) is 0 Å². The predicted molar refractivity (Wildman–Crippen MR) is 40.8 cm³/mol. The van der Waals surface area contributed by atoms with Crippen LogP contribution in [0.4, 0.5) is 0 Å². The summed E-state index contributed by atoms with van der Waals surface area (Å²) in [6.07, 6.45) is 1.77. The number of nitrogens with one attached hydrogen (secondary N) is 1. The van der Waals surface area contributed by atoms with Gasteiger partial charge in [0.2, 0.25) is 0 Å². The summed E-state index contributed by atoms with van der Waals surface area (Å²) in [5, 5.41) is 6.66.